The molecule has 130 valence electrons. The van der Waals surface area contributed by atoms with Crippen molar-refractivity contribution in [3.05, 3.63) is 59.6 Å². The number of piperidine rings is 1. The third kappa shape index (κ3) is 3.14. The highest BCUT2D eigenvalue weighted by atomic mass is 16.4. The van der Waals surface area contributed by atoms with Crippen molar-refractivity contribution in [2.45, 2.75) is 19.3 Å². The van der Waals surface area contributed by atoms with Gasteiger partial charge >= 0.3 is 0 Å². The van der Waals surface area contributed by atoms with Crippen LogP contribution in [0.3, 0.4) is 0 Å². The average molecular weight is 346 g/mol. The molecule has 1 aromatic carbocycles. The van der Waals surface area contributed by atoms with Gasteiger partial charge < -0.3 is 13.7 Å². The van der Waals surface area contributed by atoms with E-state index in [9.17, 15) is 10.1 Å². The van der Waals surface area contributed by atoms with E-state index in [4.69, 9.17) is 8.83 Å². The van der Waals surface area contributed by atoms with Crippen LogP contribution in [0.1, 0.15) is 35.6 Å². The number of allylic oxidation sites excluding steroid dienone is 1. The maximum absolute atomic E-state index is 12.6. The number of hydrogen-bond acceptors (Lipinski definition) is 5. The van der Waals surface area contributed by atoms with Crippen LogP contribution in [-0.4, -0.2) is 18.9 Å². The largest absolute Gasteiger partial charge is 0.453 e. The maximum Gasteiger partial charge on any atom is 0.238 e. The fraction of sp³-hybridized carbons (Fsp3) is 0.238. The number of Topliss-reactive ketones (excluding diaryl/α,β-unsaturated/α-hetero) is 1. The third-order valence-corrected chi connectivity index (χ3v) is 4.58. The lowest BCUT2D eigenvalue weighted by molar-refractivity contribution is 0.101. The Bertz CT molecular complexity index is 980. The van der Waals surface area contributed by atoms with Crippen LogP contribution in [0.2, 0.25) is 0 Å². The van der Waals surface area contributed by atoms with Crippen LogP contribution in [0.4, 0.5) is 5.88 Å². The summed E-state index contributed by atoms with van der Waals surface area (Å²) in [6, 6.07) is 14.7. The van der Waals surface area contributed by atoms with Crippen LogP contribution in [0, 0.1) is 11.3 Å². The molecule has 3 heterocycles. The fourth-order valence-corrected chi connectivity index (χ4v) is 3.22. The Morgan fingerprint density at radius 1 is 1.08 bits per heavy atom. The molecule has 2 aromatic heterocycles. The number of anilines is 1. The fourth-order valence-electron chi connectivity index (χ4n) is 3.22. The Morgan fingerprint density at radius 3 is 2.65 bits per heavy atom. The number of rotatable bonds is 4. The minimum Gasteiger partial charge on any atom is -0.453 e. The molecule has 4 rings (SSSR count). The minimum atomic E-state index is -0.445. The quantitative estimate of drug-likeness (QED) is 0.385. The van der Waals surface area contributed by atoms with E-state index in [2.05, 4.69) is 4.90 Å². The molecule has 0 bridgehead atoms. The summed E-state index contributed by atoms with van der Waals surface area (Å²) in [4.78, 5) is 14.8. The minimum absolute atomic E-state index is 0.0106. The SMILES string of the molecule is N#C/C(=C\c1ccc(N2CCCCC2)o1)C(=O)c1cc2ccccc2o1. The van der Waals surface area contributed by atoms with Gasteiger partial charge in [-0.3, -0.25) is 4.79 Å². The van der Waals surface area contributed by atoms with Crippen molar-refractivity contribution in [2.24, 2.45) is 0 Å². The molecule has 0 amide bonds. The van der Waals surface area contributed by atoms with E-state index in [0.717, 1.165) is 37.2 Å². The van der Waals surface area contributed by atoms with Crippen LogP contribution >= 0.6 is 0 Å². The van der Waals surface area contributed by atoms with Gasteiger partial charge in [0, 0.05) is 30.6 Å². The highest BCUT2D eigenvalue weighted by molar-refractivity contribution is 6.13. The number of furan rings is 2. The van der Waals surface area contributed by atoms with E-state index in [-0.39, 0.29) is 11.3 Å². The average Bonchev–Trinajstić information content (AvgIpc) is 3.33. The predicted molar refractivity (Wildman–Crippen MR) is 98.9 cm³/mol. The summed E-state index contributed by atoms with van der Waals surface area (Å²) in [7, 11) is 0. The van der Waals surface area contributed by atoms with Crippen LogP contribution < -0.4 is 4.90 Å². The van der Waals surface area contributed by atoms with Gasteiger partial charge in [-0.15, -0.1) is 0 Å². The zero-order valence-electron chi connectivity index (χ0n) is 14.3. The third-order valence-electron chi connectivity index (χ3n) is 4.58. The summed E-state index contributed by atoms with van der Waals surface area (Å²) >= 11 is 0. The number of nitriles is 1. The van der Waals surface area contributed by atoms with E-state index in [1.54, 1.807) is 18.2 Å². The topological polar surface area (TPSA) is 70.4 Å². The lowest BCUT2D eigenvalue weighted by Crippen LogP contribution is -2.28. The Kier molecular flexibility index (Phi) is 4.32. The number of nitrogens with zero attached hydrogens (tertiary/aromatic N) is 2. The van der Waals surface area contributed by atoms with Gasteiger partial charge in [0.05, 0.1) is 0 Å². The zero-order chi connectivity index (χ0) is 17.9. The summed E-state index contributed by atoms with van der Waals surface area (Å²) in [5, 5.41) is 10.2. The van der Waals surface area contributed by atoms with Crippen molar-refractivity contribution in [3.63, 3.8) is 0 Å². The number of para-hydroxylation sites is 1. The molecule has 5 nitrogen and oxygen atoms in total. The molecule has 1 aliphatic rings. The first-order valence-electron chi connectivity index (χ1n) is 8.74. The van der Waals surface area contributed by atoms with Crippen molar-refractivity contribution in [1.82, 2.24) is 0 Å². The van der Waals surface area contributed by atoms with Gasteiger partial charge in [0.15, 0.2) is 11.6 Å². The van der Waals surface area contributed by atoms with Crippen LogP contribution in [0.5, 0.6) is 0 Å². The van der Waals surface area contributed by atoms with E-state index in [0.29, 0.717) is 11.3 Å². The first kappa shape index (κ1) is 16.2. The second-order valence-corrected chi connectivity index (χ2v) is 6.37. The van der Waals surface area contributed by atoms with Crippen molar-refractivity contribution in [2.75, 3.05) is 18.0 Å². The lowest BCUT2D eigenvalue weighted by atomic mass is 10.1. The molecule has 1 aliphatic heterocycles. The highest BCUT2D eigenvalue weighted by Gasteiger charge is 2.19. The van der Waals surface area contributed by atoms with Crippen molar-refractivity contribution in [1.29, 1.82) is 5.26 Å². The van der Waals surface area contributed by atoms with E-state index in [1.807, 2.05) is 30.3 Å². The number of carbonyl (C=O) groups is 1. The van der Waals surface area contributed by atoms with Crippen LogP contribution in [0.15, 0.2) is 56.9 Å². The first-order chi connectivity index (χ1) is 12.7. The molecule has 0 radical (unpaired) electrons. The Morgan fingerprint density at radius 2 is 1.88 bits per heavy atom. The molecule has 0 aliphatic carbocycles. The zero-order valence-corrected chi connectivity index (χ0v) is 14.3. The van der Waals surface area contributed by atoms with Crippen molar-refractivity contribution >= 4 is 28.7 Å². The number of carbonyl (C=O) groups excluding carboxylic acids is 1. The second kappa shape index (κ2) is 6.93. The Labute approximate surface area is 151 Å². The summed E-state index contributed by atoms with van der Waals surface area (Å²) in [5.74, 6) is 0.984. The summed E-state index contributed by atoms with van der Waals surface area (Å²) in [5.41, 5.74) is 0.613. The van der Waals surface area contributed by atoms with E-state index in [1.165, 1.54) is 12.5 Å². The smallest absolute Gasteiger partial charge is 0.238 e. The molecule has 3 aromatic rings. The van der Waals surface area contributed by atoms with Gasteiger partial charge in [-0.1, -0.05) is 18.2 Å². The normalized spacial score (nSPS) is 15.2. The number of hydrogen-bond donors (Lipinski definition) is 0. The van der Waals surface area contributed by atoms with Gasteiger partial charge in [0.1, 0.15) is 23.0 Å². The van der Waals surface area contributed by atoms with E-state index >= 15 is 0 Å². The van der Waals surface area contributed by atoms with Gasteiger partial charge in [-0.2, -0.15) is 5.26 Å². The molecule has 5 heteroatoms. The number of ketones is 1. The molecule has 0 N–H and O–H groups in total. The molecule has 1 saturated heterocycles. The maximum atomic E-state index is 12.6. The Balaban J connectivity index is 1.59. The first-order valence-corrected chi connectivity index (χ1v) is 8.74. The molecule has 0 unspecified atom stereocenters. The number of benzene rings is 1. The molecular formula is C21H18N2O3. The van der Waals surface area contributed by atoms with Gasteiger partial charge in [-0.25, -0.2) is 0 Å². The van der Waals surface area contributed by atoms with Crippen molar-refractivity contribution in [3.8, 4) is 6.07 Å². The molecule has 26 heavy (non-hydrogen) atoms. The summed E-state index contributed by atoms with van der Waals surface area (Å²) < 4.78 is 11.4. The monoisotopic (exact) mass is 346 g/mol. The molecule has 0 spiro atoms. The number of fused-ring (bicyclic) bond motifs is 1. The Hall–Kier alpha value is -3.26. The second-order valence-electron chi connectivity index (χ2n) is 6.37. The molecular weight excluding hydrogens is 328 g/mol. The van der Waals surface area contributed by atoms with E-state index < -0.39 is 5.78 Å². The van der Waals surface area contributed by atoms with Gasteiger partial charge in [0.25, 0.3) is 0 Å². The van der Waals surface area contributed by atoms with Crippen LogP contribution in [-0.2, 0) is 0 Å². The highest BCUT2D eigenvalue weighted by Crippen LogP contribution is 2.25. The van der Waals surface area contributed by atoms with Gasteiger partial charge in [0.2, 0.25) is 5.78 Å². The lowest BCUT2D eigenvalue weighted by Gasteiger charge is -2.25. The summed E-state index contributed by atoms with van der Waals surface area (Å²) in [6.07, 6.45) is 5.03. The predicted octanol–water partition coefficient (Wildman–Crippen LogP) is 4.81. The van der Waals surface area contributed by atoms with Gasteiger partial charge in [-0.05, 0) is 37.5 Å². The molecule has 1 fully saturated rings. The van der Waals surface area contributed by atoms with Crippen LogP contribution in [0.25, 0.3) is 17.0 Å². The molecule has 0 atom stereocenters. The summed E-state index contributed by atoms with van der Waals surface area (Å²) in [6.45, 7) is 1.94. The van der Waals surface area contributed by atoms with Crippen molar-refractivity contribution < 1.29 is 13.6 Å². The standard InChI is InChI=1S/C21H18N2O3/c22-14-16(21(24)19-13-15-6-2-3-7-18(15)26-19)12-17-8-9-20(25-17)23-10-4-1-5-11-23/h2-3,6-9,12-13H,1,4-5,10-11H2/b16-12+. The molecule has 0 saturated carbocycles.